The van der Waals surface area contributed by atoms with E-state index >= 15 is 0 Å². The predicted molar refractivity (Wildman–Crippen MR) is 120 cm³/mol. The number of pyridine rings is 2. The molecule has 2 aliphatic rings. The minimum absolute atomic E-state index is 0.0482. The highest BCUT2D eigenvalue weighted by atomic mass is 19.1. The zero-order chi connectivity index (χ0) is 22.3. The fourth-order valence-corrected chi connectivity index (χ4v) is 5.70. The molecule has 0 spiro atoms. The molecule has 0 saturated heterocycles. The Hall–Kier alpha value is -3.30. The smallest absolute Gasteiger partial charge is 0.228 e. The first-order valence-electron chi connectivity index (χ1n) is 10.9. The van der Waals surface area contributed by atoms with Gasteiger partial charge in [0, 0.05) is 23.3 Å². The van der Waals surface area contributed by atoms with Crippen LogP contribution in [0.15, 0.2) is 48.8 Å². The molecule has 3 aromatic rings. The van der Waals surface area contributed by atoms with E-state index in [0.29, 0.717) is 42.0 Å². The highest BCUT2D eigenvalue weighted by Crippen LogP contribution is 2.55. The average molecular weight is 429 g/mol. The Bertz CT molecular complexity index is 1200. The Kier molecular flexibility index (Phi) is 5.15. The van der Waals surface area contributed by atoms with E-state index in [0.717, 1.165) is 29.3 Å². The second-order valence-electron chi connectivity index (χ2n) is 9.18. The van der Waals surface area contributed by atoms with Crippen molar-refractivity contribution in [1.29, 1.82) is 0 Å². The number of hydrogen-bond acceptors (Lipinski definition) is 4. The molecule has 2 aromatic heterocycles. The summed E-state index contributed by atoms with van der Waals surface area (Å²) in [6.45, 7) is 0. The van der Waals surface area contributed by atoms with Crippen molar-refractivity contribution in [3.05, 3.63) is 65.7 Å². The zero-order valence-corrected chi connectivity index (χ0v) is 17.6. The summed E-state index contributed by atoms with van der Waals surface area (Å²) < 4.78 is 13.8. The normalized spacial score (nSPS) is 26.6. The third kappa shape index (κ3) is 3.96. The van der Waals surface area contributed by atoms with Gasteiger partial charge < -0.3 is 10.4 Å². The van der Waals surface area contributed by atoms with Gasteiger partial charge in [0.2, 0.25) is 5.91 Å². The van der Waals surface area contributed by atoms with Gasteiger partial charge >= 0.3 is 0 Å². The first kappa shape index (κ1) is 20.6. The summed E-state index contributed by atoms with van der Waals surface area (Å²) in [5, 5.41) is 14.7. The molecular weight excluding hydrogens is 405 g/mol. The monoisotopic (exact) mass is 429 g/mol. The summed E-state index contributed by atoms with van der Waals surface area (Å²) in [6, 6.07) is 10.1. The number of hydrogen-bond donors (Lipinski definition) is 2. The van der Waals surface area contributed by atoms with E-state index in [1.54, 1.807) is 30.5 Å². The fraction of sp³-hybridized carbons (Fsp3) is 0.346. The topological polar surface area (TPSA) is 75.1 Å². The SMILES string of the molecule is C#Cc1ccc(NC(=O)CC2(O)C[C@H]3C[C@@H](c4ccnc5ccc(F)cc45)C[C@H]3C2)nc1. The number of rotatable bonds is 4. The van der Waals surface area contributed by atoms with Crippen molar-refractivity contribution in [2.75, 3.05) is 5.32 Å². The van der Waals surface area contributed by atoms with Gasteiger partial charge in [-0.15, -0.1) is 6.42 Å². The van der Waals surface area contributed by atoms with Gasteiger partial charge in [0.25, 0.3) is 0 Å². The van der Waals surface area contributed by atoms with Crippen LogP contribution >= 0.6 is 0 Å². The van der Waals surface area contributed by atoms with Crippen molar-refractivity contribution >= 4 is 22.6 Å². The van der Waals surface area contributed by atoms with E-state index in [9.17, 15) is 14.3 Å². The summed E-state index contributed by atoms with van der Waals surface area (Å²) in [7, 11) is 0. The molecule has 2 N–H and O–H groups in total. The molecule has 4 atom stereocenters. The van der Waals surface area contributed by atoms with Crippen molar-refractivity contribution in [2.24, 2.45) is 11.8 Å². The standard InChI is InChI=1S/C26H24FN3O2/c1-2-16-3-6-24(29-15-16)30-25(31)14-26(32)12-18-9-17(10-19(18)13-26)21-7-8-28-23-5-4-20(27)11-22(21)23/h1,3-8,11,15,17-19,32H,9-10,12-14H2,(H,29,30,31)/t17-,18-,19+,26?. The molecule has 2 fully saturated rings. The lowest BCUT2D eigenvalue weighted by Gasteiger charge is -2.24. The van der Waals surface area contributed by atoms with E-state index in [1.165, 1.54) is 12.3 Å². The van der Waals surface area contributed by atoms with Gasteiger partial charge in [-0.25, -0.2) is 9.37 Å². The summed E-state index contributed by atoms with van der Waals surface area (Å²) in [6.07, 6.45) is 11.7. The second-order valence-corrected chi connectivity index (χ2v) is 9.18. The molecule has 2 saturated carbocycles. The zero-order valence-electron chi connectivity index (χ0n) is 17.6. The van der Waals surface area contributed by atoms with Crippen molar-refractivity contribution in [3.63, 3.8) is 0 Å². The molecule has 1 unspecified atom stereocenters. The number of carbonyl (C=O) groups is 1. The van der Waals surface area contributed by atoms with Crippen molar-refractivity contribution in [3.8, 4) is 12.3 Å². The van der Waals surface area contributed by atoms with Crippen LogP contribution < -0.4 is 5.32 Å². The van der Waals surface area contributed by atoms with E-state index in [-0.39, 0.29) is 18.1 Å². The van der Waals surface area contributed by atoms with E-state index in [1.807, 2.05) is 6.07 Å². The summed E-state index contributed by atoms with van der Waals surface area (Å²) in [5.41, 5.74) is 1.57. The van der Waals surface area contributed by atoms with E-state index in [2.05, 4.69) is 21.2 Å². The molecule has 162 valence electrons. The summed E-state index contributed by atoms with van der Waals surface area (Å²) in [4.78, 5) is 21.0. The maximum absolute atomic E-state index is 13.8. The minimum atomic E-state index is -1.00. The van der Waals surface area contributed by atoms with Crippen LogP contribution in [0.25, 0.3) is 10.9 Å². The number of nitrogens with zero attached hydrogens (tertiary/aromatic N) is 2. The van der Waals surface area contributed by atoms with Crippen LogP contribution in [-0.4, -0.2) is 26.6 Å². The fourth-order valence-electron chi connectivity index (χ4n) is 5.70. The molecule has 5 nitrogen and oxygen atoms in total. The molecule has 0 aliphatic heterocycles. The molecule has 0 bridgehead atoms. The molecule has 6 heteroatoms. The van der Waals surface area contributed by atoms with Gasteiger partial charge in [-0.1, -0.05) is 5.92 Å². The molecule has 2 heterocycles. The first-order chi connectivity index (χ1) is 15.4. The number of aliphatic hydroxyl groups is 1. The largest absolute Gasteiger partial charge is 0.389 e. The maximum Gasteiger partial charge on any atom is 0.228 e. The highest BCUT2D eigenvalue weighted by Gasteiger charge is 2.49. The third-order valence-electron chi connectivity index (χ3n) is 6.99. The Labute approximate surface area is 186 Å². The molecule has 0 radical (unpaired) electrons. The van der Waals surface area contributed by atoms with Gasteiger partial charge in [0.05, 0.1) is 17.5 Å². The van der Waals surface area contributed by atoms with Crippen LogP contribution in [0.3, 0.4) is 0 Å². The number of fused-ring (bicyclic) bond motifs is 2. The van der Waals surface area contributed by atoms with Crippen LogP contribution in [-0.2, 0) is 4.79 Å². The molecule has 2 aliphatic carbocycles. The first-order valence-corrected chi connectivity index (χ1v) is 10.9. The van der Waals surface area contributed by atoms with Crippen LogP contribution in [0.1, 0.15) is 49.1 Å². The predicted octanol–water partition coefficient (Wildman–Crippen LogP) is 4.41. The number of benzene rings is 1. The van der Waals surface area contributed by atoms with Crippen molar-refractivity contribution < 1.29 is 14.3 Å². The van der Waals surface area contributed by atoms with Crippen molar-refractivity contribution in [2.45, 2.75) is 43.6 Å². The lowest BCUT2D eigenvalue weighted by atomic mass is 9.87. The van der Waals surface area contributed by atoms with Crippen molar-refractivity contribution in [1.82, 2.24) is 9.97 Å². The second kappa shape index (κ2) is 7.99. The van der Waals surface area contributed by atoms with Gasteiger partial charge in [0.1, 0.15) is 11.6 Å². The third-order valence-corrected chi connectivity index (χ3v) is 6.99. The number of carbonyl (C=O) groups excluding carboxylic acids is 1. The average Bonchev–Trinajstić information content (AvgIpc) is 3.28. The molecular formula is C26H24FN3O2. The number of amides is 1. The Morgan fingerprint density at radius 1 is 1.19 bits per heavy atom. The molecule has 5 rings (SSSR count). The number of halogens is 1. The van der Waals surface area contributed by atoms with Gasteiger partial charge in [-0.2, -0.15) is 0 Å². The van der Waals surface area contributed by atoms with Crippen LogP contribution in [0.5, 0.6) is 0 Å². The summed E-state index contributed by atoms with van der Waals surface area (Å²) >= 11 is 0. The Morgan fingerprint density at radius 2 is 1.97 bits per heavy atom. The number of aromatic nitrogens is 2. The van der Waals surface area contributed by atoms with Crippen LogP contribution in [0.4, 0.5) is 10.2 Å². The van der Waals surface area contributed by atoms with Gasteiger partial charge in [-0.3, -0.25) is 9.78 Å². The Balaban J connectivity index is 1.24. The maximum atomic E-state index is 13.8. The lowest BCUT2D eigenvalue weighted by Crippen LogP contribution is -2.32. The van der Waals surface area contributed by atoms with Gasteiger partial charge in [0.15, 0.2) is 0 Å². The Morgan fingerprint density at radius 3 is 2.66 bits per heavy atom. The number of nitrogens with one attached hydrogen (secondary N) is 1. The van der Waals surface area contributed by atoms with E-state index < -0.39 is 5.60 Å². The van der Waals surface area contributed by atoms with Crippen LogP contribution in [0, 0.1) is 30.0 Å². The van der Waals surface area contributed by atoms with E-state index in [4.69, 9.17) is 6.42 Å². The molecule has 1 amide bonds. The number of terminal acetylenes is 1. The number of anilines is 1. The van der Waals surface area contributed by atoms with Crippen LogP contribution in [0.2, 0.25) is 0 Å². The van der Waals surface area contributed by atoms with Gasteiger partial charge in [-0.05, 0) is 85.4 Å². The highest BCUT2D eigenvalue weighted by molar-refractivity contribution is 5.90. The minimum Gasteiger partial charge on any atom is -0.389 e. The molecule has 1 aromatic carbocycles. The summed E-state index contributed by atoms with van der Waals surface area (Å²) in [5.74, 6) is 3.42. The quantitative estimate of drug-likeness (QED) is 0.603. The molecule has 32 heavy (non-hydrogen) atoms. The lowest BCUT2D eigenvalue weighted by molar-refractivity contribution is -0.121.